The third-order valence-electron chi connectivity index (χ3n) is 7.54. The second-order valence-electron chi connectivity index (χ2n) is 10.4. The van der Waals surface area contributed by atoms with Crippen LogP contribution in [0.15, 0.2) is 42.7 Å². The maximum atomic E-state index is 11.9. The predicted octanol–water partition coefficient (Wildman–Crippen LogP) is 7.03. The molecule has 7 heteroatoms. The molecule has 1 amide bonds. The van der Waals surface area contributed by atoms with Crippen LogP contribution in [0.4, 0.5) is 0 Å². The number of carboxylic acid groups (broad SMARTS) is 1. The molecule has 0 atom stereocenters. The topological polar surface area (TPSA) is 115 Å². The van der Waals surface area contributed by atoms with E-state index >= 15 is 0 Å². The lowest BCUT2D eigenvalue weighted by Crippen LogP contribution is -2.09. The van der Waals surface area contributed by atoms with Crippen LogP contribution in [0.3, 0.4) is 0 Å². The van der Waals surface area contributed by atoms with Gasteiger partial charge in [0.25, 0.3) is 0 Å². The van der Waals surface area contributed by atoms with Crippen LogP contribution >= 0.6 is 0 Å². The van der Waals surface area contributed by atoms with Gasteiger partial charge >= 0.3 is 5.97 Å². The predicted molar refractivity (Wildman–Crippen MR) is 149 cm³/mol. The summed E-state index contributed by atoms with van der Waals surface area (Å²) in [6.07, 6.45) is 15.3. The van der Waals surface area contributed by atoms with Crippen LogP contribution in [0.5, 0.6) is 5.75 Å². The van der Waals surface area contributed by atoms with Crippen LogP contribution < -0.4 is 10.5 Å². The summed E-state index contributed by atoms with van der Waals surface area (Å²) >= 11 is 0. The minimum absolute atomic E-state index is 0.204. The summed E-state index contributed by atoms with van der Waals surface area (Å²) in [6.45, 7) is 0.670. The molecule has 1 heterocycles. The van der Waals surface area contributed by atoms with Gasteiger partial charge in [-0.2, -0.15) is 0 Å². The summed E-state index contributed by atoms with van der Waals surface area (Å²) in [5.74, 6) is 0.0153. The molecule has 202 valence electrons. The van der Waals surface area contributed by atoms with Crippen LogP contribution in [0, 0.1) is 0 Å². The molecular weight excluding hydrogens is 478 g/mol. The SMILES string of the molecule is NC(=O)CCCCCCCCCCOc1ccc2c(-c3ccc(C(=O)O)c(C4CCCC4)c3)ncnc2c1. The van der Waals surface area contributed by atoms with Crippen molar-refractivity contribution in [1.29, 1.82) is 0 Å². The molecule has 0 spiro atoms. The van der Waals surface area contributed by atoms with Crippen molar-refractivity contribution in [3.05, 3.63) is 53.9 Å². The zero-order valence-corrected chi connectivity index (χ0v) is 22.2. The first-order chi connectivity index (χ1) is 18.5. The molecule has 0 radical (unpaired) electrons. The number of hydrogen-bond acceptors (Lipinski definition) is 5. The summed E-state index contributed by atoms with van der Waals surface area (Å²) in [6, 6.07) is 11.5. The summed E-state index contributed by atoms with van der Waals surface area (Å²) in [5.41, 5.74) is 9.03. The maximum absolute atomic E-state index is 11.9. The molecule has 1 aromatic heterocycles. The number of carbonyl (C=O) groups is 2. The molecular formula is C31H39N3O4. The Bertz CT molecular complexity index is 1240. The quantitative estimate of drug-likeness (QED) is 0.209. The van der Waals surface area contributed by atoms with E-state index in [1.807, 2.05) is 30.3 Å². The largest absolute Gasteiger partial charge is 0.494 e. The van der Waals surface area contributed by atoms with Crippen molar-refractivity contribution in [3.63, 3.8) is 0 Å². The van der Waals surface area contributed by atoms with Crippen LogP contribution in [0.2, 0.25) is 0 Å². The zero-order chi connectivity index (χ0) is 26.7. The van der Waals surface area contributed by atoms with Gasteiger partial charge in [0.2, 0.25) is 5.91 Å². The lowest BCUT2D eigenvalue weighted by atomic mass is 9.90. The molecule has 1 aliphatic rings. The number of carbonyl (C=O) groups excluding carboxylic acids is 1. The van der Waals surface area contributed by atoms with Gasteiger partial charge in [0.15, 0.2) is 0 Å². The summed E-state index contributed by atoms with van der Waals surface area (Å²) < 4.78 is 6.00. The van der Waals surface area contributed by atoms with Crippen molar-refractivity contribution in [3.8, 4) is 17.0 Å². The Balaban J connectivity index is 1.31. The Hall–Kier alpha value is -3.48. The van der Waals surface area contributed by atoms with Gasteiger partial charge in [-0.05, 0) is 61.4 Å². The van der Waals surface area contributed by atoms with Crippen LogP contribution in [-0.4, -0.2) is 33.6 Å². The molecule has 0 bridgehead atoms. The molecule has 1 aliphatic carbocycles. The average molecular weight is 518 g/mol. The highest BCUT2D eigenvalue weighted by Gasteiger charge is 2.23. The van der Waals surface area contributed by atoms with E-state index in [0.717, 1.165) is 91.3 Å². The lowest BCUT2D eigenvalue weighted by Gasteiger charge is -2.15. The van der Waals surface area contributed by atoms with Gasteiger partial charge in [-0.3, -0.25) is 4.79 Å². The van der Waals surface area contributed by atoms with Crippen LogP contribution in [0.25, 0.3) is 22.2 Å². The van der Waals surface area contributed by atoms with Crippen LogP contribution in [0.1, 0.15) is 105 Å². The van der Waals surface area contributed by atoms with E-state index in [1.54, 1.807) is 12.4 Å². The number of rotatable bonds is 15. The van der Waals surface area contributed by atoms with Crippen molar-refractivity contribution < 1.29 is 19.4 Å². The molecule has 38 heavy (non-hydrogen) atoms. The monoisotopic (exact) mass is 517 g/mol. The van der Waals surface area contributed by atoms with Gasteiger partial charge in [0, 0.05) is 23.4 Å². The number of fused-ring (bicyclic) bond motifs is 1. The van der Waals surface area contributed by atoms with Crippen LogP contribution in [-0.2, 0) is 4.79 Å². The normalized spacial score (nSPS) is 13.7. The van der Waals surface area contributed by atoms with Gasteiger partial charge in [-0.15, -0.1) is 0 Å². The number of nitrogens with zero attached hydrogens (tertiary/aromatic N) is 2. The molecule has 4 rings (SSSR count). The fourth-order valence-electron chi connectivity index (χ4n) is 5.49. The Morgan fingerprint density at radius 2 is 1.61 bits per heavy atom. The van der Waals surface area contributed by atoms with E-state index in [-0.39, 0.29) is 5.91 Å². The molecule has 1 fully saturated rings. The molecule has 2 aromatic carbocycles. The fraction of sp³-hybridized carbons (Fsp3) is 0.484. The third-order valence-corrected chi connectivity index (χ3v) is 7.54. The second kappa shape index (κ2) is 13.9. The van der Waals surface area contributed by atoms with Gasteiger partial charge in [0.1, 0.15) is 12.1 Å². The maximum Gasteiger partial charge on any atom is 0.335 e. The number of ether oxygens (including phenoxy) is 1. The minimum Gasteiger partial charge on any atom is -0.494 e. The number of amides is 1. The first kappa shape index (κ1) is 27.6. The number of primary amides is 1. The van der Waals surface area contributed by atoms with Gasteiger partial charge in [0.05, 0.1) is 23.4 Å². The molecule has 7 nitrogen and oxygen atoms in total. The number of nitrogens with two attached hydrogens (primary N) is 1. The molecule has 0 saturated heterocycles. The van der Waals surface area contributed by atoms with E-state index in [4.69, 9.17) is 10.5 Å². The number of hydrogen-bond donors (Lipinski definition) is 2. The molecule has 0 aliphatic heterocycles. The molecule has 3 aromatic rings. The molecule has 0 unspecified atom stereocenters. The highest BCUT2D eigenvalue weighted by molar-refractivity contribution is 5.95. The van der Waals surface area contributed by atoms with Crippen molar-refractivity contribution >= 4 is 22.8 Å². The highest BCUT2D eigenvalue weighted by Crippen LogP contribution is 2.38. The van der Waals surface area contributed by atoms with E-state index in [0.29, 0.717) is 24.5 Å². The smallest absolute Gasteiger partial charge is 0.335 e. The second-order valence-corrected chi connectivity index (χ2v) is 10.4. The van der Waals surface area contributed by atoms with E-state index in [1.165, 1.54) is 19.3 Å². The first-order valence-corrected chi connectivity index (χ1v) is 14.1. The van der Waals surface area contributed by atoms with E-state index in [9.17, 15) is 14.7 Å². The fourth-order valence-corrected chi connectivity index (χ4v) is 5.49. The Labute approximate surface area is 224 Å². The van der Waals surface area contributed by atoms with E-state index in [2.05, 4.69) is 9.97 Å². The minimum atomic E-state index is -0.871. The van der Waals surface area contributed by atoms with Gasteiger partial charge < -0.3 is 15.6 Å². The van der Waals surface area contributed by atoms with Crippen molar-refractivity contribution in [2.75, 3.05) is 6.61 Å². The van der Waals surface area contributed by atoms with Crippen molar-refractivity contribution in [2.45, 2.75) is 89.4 Å². The molecule has 3 N–H and O–H groups in total. The number of aromatic carboxylic acids is 1. The average Bonchev–Trinajstić information content (AvgIpc) is 3.46. The van der Waals surface area contributed by atoms with Crippen molar-refractivity contribution in [2.24, 2.45) is 5.73 Å². The Morgan fingerprint density at radius 1 is 0.895 bits per heavy atom. The number of aromatic nitrogens is 2. The van der Waals surface area contributed by atoms with Gasteiger partial charge in [-0.1, -0.05) is 57.4 Å². The van der Waals surface area contributed by atoms with Gasteiger partial charge in [-0.25, -0.2) is 14.8 Å². The summed E-state index contributed by atoms with van der Waals surface area (Å²) in [7, 11) is 0. The summed E-state index contributed by atoms with van der Waals surface area (Å²) in [4.78, 5) is 31.6. The number of benzene rings is 2. The zero-order valence-electron chi connectivity index (χ0n) is 22.2. The Kier molecular flexibility index (Phi) is 10.1. The number of unbranched alkanes of at least 4 members (excludes halogenated alkanes) is 7. The first-order valence-electron chi connectivity index (χ1n) is 14.1. The highest BCUT2D eigenvalue weighted by atomic mass is 16.5. The lowest BCUT2D eigenvalue weighted by molar-refractivity contribution is -0.118. The van der Waals surface area contributed by atoms with Crippen molar-refractivity contribution in [1.82, 2.24) is 9.97 Å². The Morgan fingerprint density at radius 3 is 2.32 bits per heavy atom. The molecule has 1 saturated carbocycles. The van der Waals surface area contributed by atoms with E-state index < -0.39 is 5.97 Å². The number of carboxylic acids is 1. The summed E-state index contributed by atoms with van der Waals surface area (Å²) in [5, 5.41) is 10.7. The third kappa shape index (κ3) is 7.53. The standard InChI is InChI=1S/C31H39N3O4/c32-29(35)13-7-5-3-1-2-4-6-10-18-38-24-15-17-26-28(20-24)33-21-34-30(26)23-14-16-25(31(36)37)27(19-23)22-11-8-9-12-22/h14-17,19-22H,1-13,18H2,(H2,32,35)(H,36,37).